The van der Waals surface area contributed by atoms with Gasteiger partial charge in [0, 0.05) is 5.56 Å². The molecule has 0 aromatic heterocycles. The van der Waals surface area contributed by atoms with E-state index in [0.29, 0.717) is 37.2 Å². The second-order valence-electron chi connectivity index (χ2n) is 4.51. The Kier molecular flexibility index (Phi) is 2.21. The number of sulfonamides is 1. The highest BCUT2D eigenvalue weighted by Gasteiger charge is 2.53. The van der Waals surface area contributed by atoms with Gasteiger partial charge in [-0.2, -0.15) is 0 Å². The van der Waals surface area contributed by atoms with Gasteiger partial charge in [-0.05, 0) is 38.1 Å². The SMILES string of the molecule is O=S1(=O)Nc2cccc(F)c2C12CCNCC2. The van der Waals surface area contributed by atoms with Gasteiger partial charge in [-0.15, -0.1) is 0 Å². The summed E-state index contributed by atoms with van der Waals surface area (Å²) in [5.74, 6) is -0.432. The molecule has 2 aliphatic rings. The molecule has 1 spiro atoms. The molecule has 0 amide bonds. The van der Waals surface area contributed by atoms with E-state index >= 15 is 0 Å². The van der Waals surface area contributed by atoms with Crippen LogP contribution >= 0.6 is 0 Å². The summed E-state index contributed by atoms with van der Waals surface area (Å²) in [5.41, 5.74) is 0.716. The summed E-state index contributed by atoms with van der Waals surface area (Å²) in [6, 6.07) is 4.47. The Balaban J connectivity index is 2.27. The Morgan fingerprint density at radius 3 is 2.65 bits per heavy atom. The quantitative estimate of drug-likeness (QED) is 0.732. The highest BCUT2D eigenvalue weighted by Crippen LogP contribution is 2.49. The first-order valence-electron chi connectivity index (χ1n) is 5.59. The lowest BCUT2D eigenvalue weighted by Gasteiger charge is -2.32. The summed E-state index contributed by atoms with van der Waals surface area (Å²) < 4.78 is 39.8. The number of benzene rings is 1. The van der Waals surface area contributed by atoms with Crippen LogP contribution in [0.25, 0.3) is 0 Å². The molecule has 0 bridgehead atoms. The molecule has 0 saturated carbocycles. The highest BCUT2D eigenvalue weighted by atomic mass is 32.2. The Morgan fingerprint density at radius 1 is 1.24 bits per heavy atom. The van der Waals surface area contributed by atoms with Crippen LogP contribution in [0, 0.1) is 5.82 Å². The van der Waals surface area contributed by atoms with Crippen molar-refractivity contribution in [1.82, 2.24) is 5.32 Å². The molecule has 2 aliphatic heterocycles. The van der Waals surface area contributed by atoms with Gasteiger partial charge >= 0.3 is 0 Å². The van der Waals surface area contributed by atoms with Crippen molar-refractivity contribution in [2.45, 2.75) is 17.6 Å². The molecule has 92 valence electrons. The molecule has 1 aromatic rings. The molecule has 0 atom stereocenters. The van der Waals surface area contributed by atoms with Gasteiger partial charge in [0.15, 0.2) is 0 Å². The van der Waals surface area contributed by atoms with E-state index < -0.39 is 20.6 Å². The Morgan fingerprint density at radius 2 is 1.94 bits per heavy atom. The van der Waals surface area contributed by atoms with E-state index in [1.807, 2.05) is 0 Å². The molecule has 0 aliphatic carbocycles. The first-order chi connectivity index (χ1) is 8.07. The van der Waals surface area contributed by atoms with Crippen molar-refractivity contribution in [3.05, 3.63) is 29.6 Å². The fourth-order valence-electron chi connectivity index (χ4n) is 2.80. The fourth-order valence-corrected chi connectivity index (χ4v) is 4.67. The number of hydrogen-bond acceptors (Lipinski definition) is 3. The van der Waals surface area contributed by atoms with E-state index in [9.17, 15) is 12.8 Å². The standard InChI is InChI=1S/C11H13FN2O2S/c12-8-2-1-3-9-10(8)11(17(15,16)14-9)4-6-13-7-5-11/h1-3,13-14H,4-7H2. The van der Waals surface area contributed by atoms with Gasteiger partial charge < -0.3 is 5.32 Å². The van der Waals surface area contributed by atoms with E-state index in [1.165, 1.54) is 12.1 Å². The summed E-state index contributed by atoms with van der Waals surface area (Å²) in [6.45, 7) is 1.18. The topological polar surface area (TPSA) is 58.2 Å². The molecule has 1 aromatic carbocycles. The Hall–Kier alpha value is -1.14. The minimum Gasteiger partial charge on any atom is -0.317 e. The van der Waals surface area contributed by atoms with Crippen LogP contribution in [0.1, 0.15) is 18.4 Å². The summed E-state index contributed by atoms with van der Waals surface area (Å²) in [7, 11) is -3.52. The van der Waals surface area contributed by atoms with Crippen LogP contribution in [0.5, 0.6) is 0 Å². The number of piperidine rings is 1. The van der Waals surface area contributed by atoms with Gasteiger partial charge in [0.05, 0.1) is 5.69 Å². The number of anilines is 1. The zero-order valence-corrected chi connectivity index (χ0v) is 9.98. The largest absolute Gasteiger partial charge is 0.317 e. The van der Waals surface area contributed by atoms with E-state index in [-0.39, 0.29) is 0 Å². The third-order valence-corrected chi connectivity index (χ3v) is 5.77. The molecule has 1 saturated heterocycles. The molecule has 4 nitrogen and oxygen atoms in total. The molecule has 3 rings (SSSR count). The number of rotatable bonds is 0. The monoisotopic (exact) mass is 256 g/mol. The predicted molar refractivity (Wildman–Crippen MR) is 62.7 cm³/mol. The van der Waals surface area contributed by atoms with E-state index in [1.54, 1.807) is 6.07 Å². The molecule has 17 heavy (non-hydrogen) atoms. The molecular formula is C11H13FN2O2S. The maximum Gasteiger partial charge on any atom is 0.243 e. The molecular weight excluding hydrogens is 243 g/mol. The Bertz CT molecular complexity index is 565. The van der Waals surface area contributed by atoms with Crippen LogP contribution in [-0.4, -0.2) is 21.5 Å². The fraction of sp³-hybridized carbons (Fsp3) is 0.455. The lowest BCUT2D eigenvalue weighted by molar-refractivity contribution is 0.391. The first kappa shape index (κ1) is 11.0. The van der Waals surface area contributed by atoms with Crippen molar-refractivity contribution in [2.75, 3.05) is 17.8 Å². The van der Waals surface area contributed by atoms with Gasteiger partial charge in [0.2, 0.25) is 10.0 Å². The van der Waals surface area contributed by atoms with Gasteiger partial charge in [0.1, 0.15) is 10.6 Å². The highest BCUT2D eigenvalue weighted by molar-refractivity contribution is 7.94. The van der Waals surface area contributed by atoms with E-state index in [4.69, 9.17) is 0 Å². The zero-order chi connectivity index (χ0) is 12.1. The van der Waals surface area contributed by atoms with Gasteiger partial charge in [-0.1, -0.05) is 6.07 Å². The third-order valence-electron chi connectivity index (χ3n) is 3.64. The number of nitrogens with one attached hydrogen (secondary N) is 2. The number of hydrogen-bond donors (Lipinski definition) is 2. The van der Waals surface area contributed by atoms with Crippen LogP contribution in [0.2, 0.25) is 0 Å². The first-order valence-corrected chi connectivity index (χ1v) is 7.07. The van der Waals surface area contributed by atoms with Gasteiger partial charge in [-0.3, -0.25) is 4.72 Å². The predicted octanol–water partition coefficient (Wildman–Crippen LogP) is 1.16. The van der Waals surface area contributed by atoms with Crippen LogP contribution < -0.4 is 10.0 Å². The maximum atomic E-state index is 13.9. The molecule has 2 heterocycles. The summed E-state index contributed by atoms with van der Waals surface area (Å²) in [4.78, 5) is 0. The van der Waals surface area contributed by atoms with Crippen molar-refractivity contribution in [1.29, 1.82) is 0 Å². The zero-order valence-electron chi connectivity index (χ0n) is 9.16. The lowest BCUT2D eigenvalue weighted by Crippen LogP contribution is -2.44. The Labute approximate surface area is 99.3 Å². The van der Waals surface area contributed by atoms with E-state index in [2.05, 4.69) is 10.0 Å². The molecule has 6 heteroatoms. The average molecular weight is 256 g/mol. The maximum absolute atomic E-state index is 13.9. The third kappa shape index (κ3) is 1.34. The minimum atomic E-state index is -3.52. The smallest absolute Gasteiger partial charge is 0.243 e. The van der Waals surface area contributed by atoms with Crippen LogP contribution in [0.15, 0.2) is 18.2 Å². The van der Waals surface area contributed by atoms with Crippen molar-refractivity contribution in [2.24, 2.45) is 0 Å². The summed E-state index contributed by atoms with van der Waals surface area (Å²) in [6.07, 6.45) is 0.826. The molecule has 0 unspecified atom stereocenters. The van der Waals surface area contributed by atoms with Gasteiger partial charge in [-0.25, -0.2) is 12.8 Å². The number of fused-ring (bicyclic) bond motifs is 2. The lowest BCUT2D eigenvalue weighted by atomic mass is 9.88. The summed E-state index contributed by atoms with van der Waals surface area (Å²) in [5, 5.41) is 3.11. The minimum absolute atomic E-state index is 0.321. The van der Waals surface area contributed by atoms with Crippen molar-refractivity contribution in [3.63, 3.8) is 0 Å². The average Bonchev–Trinajstić information content (AvgIpc) is 2.49. The van der Waals surface area contributed by atoms with Crippen LogP contribution in [0.4, 0.5) is 10.1 Å². The van der Waals surface area contributed by atoms with Crippen LogP contribution in [0.3, 0.4) is 0 Å². The molecule has 0 radical (unpaired) electrons. The second-order valence-corrected chi connectivity index (χ2v) is 6.50. The molecule has 1 fully saturated rings. The van der Waals surface area contributed by atoms with Crippen molar-refractivity contribution < 1.29 is 12.8 Å². The van der Waals surface area contributed by atoms with E-state index in [0.717, 1.165) is 0 Å². The van der Waals surface area contributed by atoms with Crippen molar-refractivity contribution in [3.8, 4) is 0 Å². The van der Waals surface area contributed by atoms with Crippen LogP contribution in [-0.2, 0) is 14.8 Å². The molecule has 2 N–H and O–H groups in total. The number of halogens is 1. The normalized spacial score (nSPS) is 24.3. The second kappa shape index (κ2) is 3.43. The summed E-state index contributed by atoms with van der Waals surface area (Å²) >= 11 is 0. The van der Waals surface area contributed by atoms with Gasteiger partial charge in [0.25, 0.3) is 0 Å². The van der Waals surface area contributed by atoms with Crippen molar-refractivity contribution >= 4 is 15.7 Å².